The van der Waals surface area contributed by atoms with Crippen LogP contribution in [0.25, 0.3) is 0 Å². The van der Waals surface area contributed by atoms with E-state index >= 15 is 0 Å². The van der Waals surface area contributed by atoms with Crippen molar-refractivity contribution in [3.05, 3.63) is 29.3 Å². The zero-order valence-corrected chi connectivity index (χ0v) is 12.4. The molecule has 1 aromatic carbocycles. The summed E-state index contributed by atoms with van der Waals surface area (Å²) >= 11 is 0. The number of rotatable bonds is 5. The maximum Gasteiger partial charge on any atom is 0.341 e. The summed E-state index contributed by atoms with van der Waals surface area (Å²) < 4.78 is 5.17. The normalized spacial score (nSPS) is 13.4. The van der Waals surface area contributed by atoms with Crippen LogP contribution in [-0.2, 0) is 9.53 Å². The number of carbonyl (C=O) groups is 2. The largest absolute Gasteiger partial charge is 0.449 e. The predicted octanol–water partition coefficient (Wildman–Crippen LogP) is 2.04. The van der Waals surface area contributed by atoms with Crippen molar-refractivity contribution in [2.75, 3.05) is 5.73 Å². The van der Waals surface area contributed by atoms with E-state index < -0.39 is 12.1 Å². The molecule has 110 valence electrons. The first-order valence-corrected chi connectivity index (χ1v) is 6.73. The Balaban J connectivity index is 2.73. The number of nitrogens with two attached hydrogens (primary N) is 1. The molecular weight excluding hydrogens is 256 g/mol. The highest BCUT2D eigenvalue weighted by atomic mass is 16.5. The molecule has 20 heavy (non-hydrogen) atoms. The van der Waals surface area contributed by atoms with Gasteiger partial charge in [0.05, 0.1) is 5.56 Å². The van der Waals surface area contributed by atoms with E-state index in [0.717, 1.165) is 12.0 Å². The number of carbonyl (C=O) groups excluding carboxylic acids is 2. The summed E-state index contributed by atoms with van der Waals surface area (Å²) in [6, 6.07) is 5.22. The van der Waals surface area contributed by atoms with Gasteiger partial charge in [0.2, 0.25) is 0 Å². The van der Waals surface area contributed by atoms with Gasteiger partial charge < -0.3 is 15.8 Å². The molecular formula is C15H22N2O3. The van der Waals surface area contributed by atoms with Crippen LogP contribution in [0.1, 0.15) is 43.1 Å². The molecule has 1 rings (SSSR count). The lowest BCUT2D eigenvalue weighted by atomic mass is 10.1. The Hall–Kier alpha value is -2.04. The van der Waals surface area contributed by atoms with Crippen molar-refractivity contribution in [2.45, 2.75) is 46.3 Å². The van der Waals surface area contributed by atoms with Crippen LogP contribution in [0, 0.1) is 6.92 Å². The van der Waals surface area contributed by atoms with Crippen molar-refractivity contribution in [3.63, 3.8) is 0 Å². The maximum atomic E-state index is 12.1. The zero-order chi connectivity index (χ0) is 15.3. The minimum Gasteiger partial charge on any atom is -0.449 e. The Morgan fingerprint density at radius 1 is 1.35 bits per heavy atom. The van der Waals surface area contributed by atoms with Crippen LogP contribution in [-0.4, -0.2) is 24.0 Å². The van der Waals surface area contributed by atoms with Gasteiger partial charge in [-0.15, -0.1) is 0 Å². The third-order valence-electron chi connectivity index (χ3n) is 3.16. The fourth-order valence-corrected chi connectivity index (χ4v) is 1.70. The van der Waals surface area contributed by atoms with Gasteiger partial charge in [0.1, 0.15) is 0 Å². The van der Waals surface area contributed by atoms with Gasteiger partial charge in [-0.2, -0.15) is 0 Å². The number of esters is 1. The molecule has 1 aromatic rings. The molecule has 0 radical (unpaired) electrons. The number of aryl methyl sites for hydroxylation is 1. The Labute approximate surface area is 119 Å². The number of benzene rings is 1. The monoisotopic (exact) mass is 278 g/mol. The quantitative estimate of drug-likeness (QED) is 0.638. The summed E-state index contributed by atoms with van der Waals surface area (Å²) in [5.41, 5.74) is 7.17. The first-order valence-electron chi connectivity index (χ1n) is 6.73. The molecule has 0 aliphatic rings. The van der Waals surface area contributed by atoms with Gasteiger partial charge in [-0.3, -0.25) is 4.79 Å². The highest BCUT2D eigenvalue weighted by molar-refractivity contribution is 5.98. The number of anilines is 1. The molecule has 0 saturated carbocycles. The van der Waals surface area contributed by atoms with Crippen molar-refractivity contribution in [1.29, 1.82) is 0 Å². The van der Waals surface area contributed by atoms with Gasteiger partial charge in [-0.1, -0.05) is 19.1 Å². The molecule has 0 aliphatic carbocycles. The van der Waals surface area contributed by atoms with Crippen LogP contribution < -0.4 is 11.1 Å². The molecule has 0 fully saturated rings. The summed E-state index contributed by atoms with van der Waals surface area (Å²) in [6.07, 6.45) is -0.0348. The molecule has 0 aliphatic heterocycles. The van der Waals surface area contributed by atoms with E-state index in [0.29, 0.717) is 11.3 Å². The summed E-state index contributed by atoms with van der Waals surface area (Å²) in [4.78, 5) is 23.9. The lowest BCUT2D eigenvalue weighted by molar-refractivity contribution is -0.129. The molecule has 3 N–H and O–H groups in total. The van der Waals surface area contributed by atoms with Crippen molar-refractivity contribution in [2.24, 2.45) is 0 Å². The Morgan fingerprint density at radius 2 is 2.00 bits per heavy atom. The number of hydrogen-bond donors (Lipinski definition) is 2. The SMILES string of the molecule is CCC(C)NC(=O)C(C)OC(=O)c1c(C)cccc1N. The molecule has 2 atom stereocenters. The average molecular weight is 278 g/mol. The van der Waals surface area contributed by atoms with Crippen molar-refractivity contribution >= 4 is 17.6 Å². The second-order valence-electron chi connectivity index (χ2n) is 4.90. The topological polar surface area (TPSA) is 81.4 Å². The minimum absolute atomic E-state index is 0.0483. The zero-order valence-electron chi connectivity index (χ0n) is 12.4. The van der Waals surface area contributed by atoms with Gasteiger partial charge >= 0.3 is 5.97 Å². The lowest BCUT2D eigenvalue weighted by Gasteiger charge is -2.17. The highest BCUT2D eigenvalue weighted by Gasteiger charge is 2.22. The Morgan fingerprint density at radius 3 is 2.55 bits per heavy atom. The summed E-state index contributed by atoms with van der Waals surface area (Å²) in [5.74, 6) is -0.882. The minimum atomic E-state index is -0.851. The van der Waals surface area contributed by atoms with Gasteiger partial charge in [-0.25, -0.2) is 4.79 Å². The molecule has 0 spiro atoms. The van der Waals surface area contributed by atoms with Gasteiger partial charge in [0, 0.05) is 11.7 Å². The second-order valence-corrected chi connectivity index (χ2v) is 4.90. The van der Waals surface area contributed by atoms with Crippen LogP contribution in [0.3, 0.4) is 0 Å². The van der Waals surface area contributed by atoms with E-state index in [1.165, 1.54) is 0 Å². The fraction of sp³-hybridized carbons (Fsp3) is 0.467. The number of nitrogen functional groups attached to an aromatic ring is 1. The van der Waals surface area contributed by atoms with E-state index in [1.807, 2.05) is 13.8 Å². The first kappa shape index (κ1) is 16.0. The Kier molecular flexibility index (Phi) is 5.55. The van der Waals surface area contributed by atoms with E-state index in [-0.39, 0.29) is 11.9 Å². The van der Waals surface area contributed by atoms with Crippen LogP contribution in [0.5, 0.6) is 0 Å². The molecule has 0 heterocycles. The number of amides is 1. The van der Waals surface area contributed by atoms with E-state index in [1.54, 1.807) is 32.0 Å². The van der Waals surface area contributed by atoms with Crippen molar-refractivity contribution < 1.29 is 14.3 Å². The lowest BCUT2D eigenvalue weighted by Crippen LogP contribution is -2.40. The molecule has 0 bridgehead atoms. The number of hydrogen-bond acceptors (Lipinski definition) is 4. The summed E-state index contributed by atoms with van der Waals surface area (Å²) in [7, 11) is 0. The number of nitrogens with one attached hydrogen (secondary N) is 1. The molecule has 5 nitrogen and oxygen atoms in total. The standard InChI is InChI=1S/C15H22N2O3/c1-5-10(3)17-14(18)11(4)20-15(19)13-9(2)7-6-8-12(13)16/h6-8,10-11H,5,16H2,1-4H3,(H,17,18). The Bertz CT molecular complexity index is 480. The van der Waals surface area contributed by atoms with Gasteiger partial charge in [0.15, 0.2) is 6.10 Å². The van der Waals surface area contributed by atoms with E-state index in [4.69, 9.17) is 10.5 Å². The maximum absolute atomic E-state index is 12.1. The third kappa shape index (κ3) is 3.98. The van der Waals surface area contributed by atoms with Gasteiger partial charge in [-0.05, 0) is 38.8 Å². The number of ether oxygens (including phenoxy) is 1. The molecule has 0 aromatic heterocycles. The molecule has 5 heteroatoms. The fourth-order valence-electron chi connectivity index (χ4n) is 1.70. The summed E-state index contributed by atoms with van der Waals surface area (Å²) in [5, 5.41) is 2.77. The molecule has 1 amide bonds. The van der Waals surface area contributed by atoms with Crippen LogP contribution in [0.15, 0.2) is 18.2 Å². The van der Waals surface area contributed by atoms with Crippen molar-refractivity contribution in [3.8, 4) is 0 Å². The van der Waals surface area contributed by atoms with Crippen molar-refractivity contribution in [1.82, 2.24) is 5.32 Å². The van der Waals surface area contributed by atoms with Crippen LogP contribution >= 0.6 is 0 Å². The van der Waals surface area contributed by atoms with Gasteiger partial charge in [0.25, 0.3) is 5.91 Å². The summed E-state index contributed by atoms with van der Waals surface area (Å²) in [6.45, 7) is 7.18. The third-order valence-corrected chi connectivity index (χ3v) is 3.16. The van der Waals surface area contributed by atoms with E-state index in [2.05, 4.69) is 5.32 Å². The molecule has 0 saturated heterocycles. The highest BCUT2D eigenvalue weighted by Crippen LogP contribution is 2.18. The molecule has 2 unspecified atom stereocenters. The second kappa shape index (κ2) is 6.93. The average Bonchev–Trinajstić information content (AvgIpc) is 2.38. The first-order chi connectivity index (χ1) is 9.36. The van der Waals surface area contributed by atoms with E-state index in [9.17, 15) is 9.59 Å². The van der Waals surface area contributed by atoms with Crippen LogP contribution in [0.4, 0.5) is 5.69 Å². The smallest absolute Gasteiger partial charge is 0.341 e. The van der Waals surface area contributed by atoms with Crippen LogP contribution in [0.2, 0.25) is 0 Å². The predicted molar refractivity (Wildman–Crippen MR) is 78.4 cm³/mol.